The van der Waals surface area contributed by atoms with Gasteiger partial charge in [-0.25, -0.2) is 4.79 Å². The molecule has 0 radical (unpaired) electrons. The van der Waals surface area contributed by atoms with E-state index in [9.17, 15) is 50.4 Å². The van der Waals surface area contributed by atoms with Crippen molar-refractivity contribution in [2.75, 3.05) is 6.61 Å². The maximum atomic E-state index is 13.3. The second-order valence-electron chi connectivity index (χ2n) is 9.06. The molecule has 41 heavy (non-hydrogen) atoms. The first-order valence-electron chi connectivity index (χ1n) is 12.3. The molecule has 0 N–H and O–H groups in total. The molecule has 7 nitrogen and oxygen atoms in total. The summed E-state index contributed by atoms with van der Waals surface area (Å²) in [5.41, 5.74) is -1.76. The highest BCUT2D eigenvalue weighted by Gasteiger charge is 2.73. The molecule has 0 amide bonds. The predicted molar refractivity (Wildman–Crippen MR) is 139 cm³/mol. The summed E-state index contributed by atoms with van der Waals surface area (Å²) in [5, 5.41) is 11.4. The Morgan fingerprint density at radius 1 is 0.854 bits per heavy atom. The van der Waals surface area contributed by atoms with E-state index in [1.165, 1.54) is 0 Å². The van der Waals surface area contributed by atoms with Crippen LogP contribution in [0.25, 0.3) is 0 Å². The van der Waals surface area contributed by atoms with E-state index >= 15 is 0 Å². The zero-order valence-corrected chi connectivity index (χ0v) is 24.7. The van der Waals surface area contributed by atoms with Crippen LogP contribution in [0.3, 0.4) is 0 Å². The molecule has 0 aromatic heterocycles. The molecular formula is C23H27Cl3F7NO6Si. The number of rotatable bonds is 18. The van der Waals surface area contributed by atoms with Crippen molar-refractivity contribution in [2.24, 2.45) is 0 Å². The molecule has 0 heterocycles. The summed E-state index contributed by atoms with van der Waals surface area (Å²) in [6.45, 7) is -3.21. The zero-order chi connectivity index (χ0) is 31.5. The number of carbonyl (C=O) groups is 2. The van der Waals surface area contributed by atoms with E-state index in [2.05, 4.69) is 4.74 Å². The standard InChI is InChI=1S/C23H27Cl3F7NO6Si/c24-41(25,26)12-8-6-4-2-1-3-5-7-9-19(35)39-14-17-11-10-16(13-18(17)34(37)38)20(36)40-15-21(27,28)22(29,30)23(31,32)33/h10-11,13H,1-9,12,14-15H2. The minimum absolute atomic E-state index is 0.0445. The Morgan fingerprint density at radius 2 is 1.39 bits per heavy atom. The van der Waals surface area contributed by atoms with Crippen molar-refractivity contribution in [3.8, 4) is 0 Å². The van der Waals surface area contributed by atoms with Gasteiger partial charge in [0.2, 0.25) is 0 Å². The Morgan fingerprint density at radius 3 is 1.90 bits per heavy atom. The van der Waals surface area contributed by atoms with Crippen molar-refractivity contribution in [3.05, 3.63) is 39.4 Å². The fourth-order valence-electron chi connectivity index (χ4n) is 3.41. The fraction of sp³-hybridized carbons (Fsp3) is 0.652. The lowest BCUT2D eigenvalue weighted by molar-refractivity contribution is -0.385. The molecule has 0 saturated heterocycles. The van der Waals surface area contributed by atoms with Crippen molar-refractivity contribution in [1.29, 1.82) is 0 Å². The highest BCUT2D eigenvalue weighted by Crippen LogP contribution is 2.46. The number of hydrogen-bond acceptors (Lipinski definition) is 6. The van der Waals surface area contributed by atoms with E-state index in [0.29, 0.717) is 18.5 Å². The monoisotopic (exact) mass is 679 g/mol. The molecule has 0 aliphatic heterocycles. The molecule has 234 valence electrons. The van der Waals surface area contributed by atoms with Crippen LogP contribution in [-0.4, -0.2) is 47.5 Å². The summed E-state index contributed by atoms with van der Waals surface area (Å²) in [7, 11) is 0. The first kappa shape index (κ1) is 37.2. The number of alkyl halides is 7. The number of ether oxygens (including phenoxy) is 2. The van der Waals surface area contributed by atoms with Crippen LogP contribution < -0.4 is 0 Å². The van der Waals surface area contributed by atoms with Crippen LogP contribution in [0, 0.1) is 10.1 Å². The van der Waals surface area contributed by atoms with E-state index in [-0.39, 0.29) is 12.0 Å². The third-order valence-electron chi connectivity index (χ3n) is 5.70. The Bertz CT molecular complexity index is 1040. The Balaban J connectivity index is 2.51. The first-order chi connectivity index (χ1) is 18.8. The SMILES string of the molecule is O=C(CCCCCCCCCC[Si](Cl)(Cl)Cl)OCc1ccc(C(=O)OCC(F)(F)C(F)(F)C(F)(F)F)cc1[N+](=O)[O-]. The average Bonchev–Trinajstić information content (AvgIpc) is 2.85. The topological polar surface area (TPSA) is 95.7 Å². The van der Waals surface area contributed by atoms with E-state index in [4.69, 9.17) is 38.0 Å². The number of carbonyl (C=O) groups excluding carboxylic acids is 2. The van der Waals surface area contributed by atoms with E-state index in [1.54, 1.807) is 0 Å². The van der Waals surface area contributed by atoms with Gasteiger partial charge in [0.25, 0.3) is 5.69 Å². The van der Waals surface area contributed by atoms with Crippen LogP contribution >= 0.6 is 33.2 Å². The summed E-state index contributed by atoms with van der Waals surface area (Å²) in [6.07, 6.45) is 0.390. The number of unbranched alkanes of at least 4 members (excludes halogenated alkanes) is 7. The number of nitro groups is 1. The molecule has 0 aliphatic carbocycles. The van der Waals surface area contributed by atoms with E-state index in [1.807, 2.05) is 0 Å². The number of nitro benzene ring substituents is 1. The predicted octanol–water partition coefficient (Wildman–Crippen LogP) is 8.79. The smallest absolute Gasteiger partial charge is 0.460 e. The minimum Gasteiger partial charge on any atom is -0.461 e. The van der Waals surface area contributed by atoms with Gasteiger partial charge in [0.05, 0.1) is 16.1 Å². The largest absolute Gasteiger partial charge is 0.461 e. The normalized spacial score (nSPS) is 12.7. The summed E-state index contributed by atoms with van der Waals surface area (Å²) >= 11 is 17.4. The molecule has 0 unspecified atom stereocenters. The van der Waals surface area contributed by atoms with Gasteiger partial charge in [-0.15, -0.1) is 33.2 Å². The summed E-state index contributed by atoms with van der Waals surface area (Å²) < 4.78 is 98.0. The number of halogens is 10. The van der Waals surface area contributed by atoms with Crippen molar-refractivity contribution >= 4 is 56.9 Å². The second kappa shape index (κ2) is 16.1. The van der Waals surface area contributed by atoms with Gasteiger partial charge in [-0.1, -0.05) is 44.9 Å². The molecule has 0 spiro atoms. The summed E-state index contributed by atoms with van der Waals surface area (Å²) in [4.78, 5) is 34.3. The van der Waals surface area contributed by atoms with Crippen molar-refractivity contribution in [2.45, 2.75) is 88.5 Å². The molecular weight excluding hydrogens is 654 g/mol. The highest BCUT2D eigenvalue weighted by molar-refractivity contribution is 7.64. The minimum atomic E-state index is -6.61. The summed E-state index contributed by atoms with van der Waals surface area (Å²) in [6, 6.07) is 0.335. The molecule has 1 rings (SSSR count). The first-order valence-corrected chi connectivity index (χ1v) is 17.5. The highest BCUT2D eigenvalue weighted by atomic mass is 35.8. The van der Waals surface area contributed by atoms with Crippen molar-refractivity contribution in [1.82, 2.24) is 0 Å². The molecule has 1 aromatic carbocycles. The van der Waals surface area contributed by atoms with E-state index in [0.717, 1.165) is 57.1 Å². The second-order valence-corrected chi connectivity index (χ2v) is 18.3. The number of esters is 2. The van der Waals surface area contributed by atoms with Crippen LogP contribution in [0.5, 0.6) is 0 Å². The zero-order valence-electron chi connectivity index (χ0n) is 21.4. The Kier molecular flexibility index (Phi) is 14.6. The Labute approximate surface area is 245 Å². The van der Waals surface area contributed by atoms with Crippen LogP contribution in [0.1, 0.15) is 73.7 Å². The third-order valence-corrected chi connectivity index (χ3v) is 8.32. The maximum Gasteiger partial charge on any atom is 0.460 e. The van der Waals surface area contributed by atoms with Gasteiger partial charge in [-0.2, -0.15) is 30.7 Å². The molecule has 0 bridgehead atoms. The lowest BCUT2D eigenvalue weighted by Gasteiger charge is -2.27. The van der Waals surface area contributed by atoms with Gasteiger partial charge >= 0.3 is 36.0 Å². The van der Waals surface area contributed by atoms with Crippen LogP contribution in [0.15, 0.2) is 18.2 Å². The number of benzene rings is 1. The summed E-state index contributed by atoms with van der Waals surface area (Å²) in [5.74, 6) is -14.7. The maximum absolute atomic E-state index is 13.3. The van der Waals surface area contributed by atoms with Gasteiger partial charge in [0, 0.05) is 12.5 Å². The lowest BCUT2D eigenvalue weighted by atomic mass is 10.1. The van der Waals surface area contributed by atoms with Crippen LogP contribution in [-0.2, 0) is 20.9 Å². The van der Waals surface area contributed by atoms with Gasteiger partial charge in [0.15, 0.2) is 6.61 Å². The van der Waals surface area contributed by atoms with Gasteiger partial charge in [-0.3, -0.25) is 14.9 Å². The number of nitrogens with zero attached hydrogens (tertiary/aromatic N) is 1. The van der Waals surface area contributed by atoms with Crippen molar-refractivity contribution < 1.29 is 54.7 Å². The lowest BCUT2D eigenvalue weighted by Crippen LogP contribution is -2.54. The molecule has 0 fully saturated rings. The van der Waals surface area contributed by atoms with Crippen LogP contribution in [0.4, 0.5) is 36.4 Å². The Hall–Kier alpha value is -1.84. The molecule has 0 saturated carbocycles. The van der Waals surface area contributed by atoms with Crippen molar-refractivity contribution in [3.63, 3.8) is 0 Å². The van der Waals surface area contributed by atoms with Crippen LogP contribution in [0.2, 0.25) is 6.04 Å². The van der Waals surface area contributed by atoms with Gasteiger partial charge in [0.1, 0.15) is 6.61 Å². The van der Waals surface area contributed by atoms with Gasteiger partial charge < -0.3 is 9.47 Å². The molecule has 1 aromatic rings. The molecule has 0 aliphatic rings. The molecule has 0 atom stereocenters. The van der Waals surface area contributed by atoms with E-state index < -0.39 is 65.4 Å². The fourth-order valence-corrected chi connectivity index (χ4v) is 5.26. The van der Waals surface area contributed by atoms with Gasteiger partial charge in [-0.05, 0) is 24.6 Å². The third kappa shape index (κ3) is 12.9. The molecule has 18 heteroatoms. The average molecular weight is 681 g/mol. The number of hydrogen-bond donors (Lipinski definition) is 0. The quantitative estimate of drug-likeness (QED) is 0.0293.